The van der Waals surface area contributed by atoms with Gasteiger partial charge in [-0.2, -0.15) is 5.10 Å². The van der Waals surface area contributed by atoms with Crippen LogP contribution in [0.5, 0.6) is 0 Å². The zero-order valence-electron chi connectivity index (χ0n) is 8.08. The summed E-state index contributed by atoms with van der Waals surface area (Å²) in [7, 11) is 0. The lowest BCUT2D eigenvalue weighted by atomic mass is 10.4. The molecule has 0 spiro atoms. The van der Waals surface area contributed by atoms with Crippen LogP contribution in [0.3, 0.4) is 0 Å². The molecule has 0 atom stereocenters. The molecule has 0 aliphatic rings. The smallest absolute Gasteiger partial charge is 0.250 e. The van der Waals surface area contributed by atoms with Crippen molar-refractivity contribution in [1.82, 2.24) is 20.1 Å². The molecule has 6 heteroatoms. The van der Waals surface area contributed by atoms with Crippen molar-refractivity contribution in [3.63, 3.8) is 0 Å². The summed E-state index contributed by atoms with van der Waals surface area (Å²) in [6.07, 6.45) is 0.0674. The van der Waals surface area contributed by atoms with Crippen LogP contribution in [0, 0.1) is 0 Å². The lowest BCUT2D eigenvalue weighted by molar-refractivity contribution is 0.145. The third kappa shape index (κ3) is 3.37. The lowest BCUT2D eigenvalue weighted by Crippen LogP contribution is -2.23. The van der Waals surface area contributed by atoms with E-state index in [-0.39, 0.29) is 6.54 Å². The molecule has 0 aliphatic carbocycles. The Morgan fingerprint density at radius 2 is 2.36 bits per heavy atom. The van der Waals surface area contributed by atoms with Gasteiger partial charge in [-0.05, 0) is 6.42 Å². The van der Waals surface area contributed by atoms with Crippen molar-refractivity contribution in [2.75, 3.05) is 6.54 Å². The molecular formula is C8H14F2N4. The summed E-state index contributed by atoms with van der Waals surface area (Å²) in [5.74, 6) is 0.701. The van der Waals surface area contributed by atoms with Gasteiger partial charge >= 0.3 is 0 Å². The van der Waals surface area contributed by atoms with E-state index in [0.717, 1.165) is 13.0 Å². The van der Waals surface area contributed by atoms with Crippen LogP contribution in [0.25, 0.3) is 0 Å². The van der Waals surface area contributed by atoms with Gasteiger partial charge in [0, 0.05) is 6.54 Å². The van der Waals surface area contributed by atoms with E-state index in [0.29, 0.717) is 12.4 Å². The molecule has 80 valence electrons. The van der Waals surface area contributed by atoms with E-state index in [9.17, 15) is 8.78 Å². The number of hydrogen-bond acceptors (Lipinski definition) is 3. The third-order valence-corrected chi connectivity index (χ3v) is 1.71. The maximum Gasteiger partial charge on any atom is 0.250 e. The average molecular weight is 204 g/mol. The SMILES string of the molecule is CCCn1ncnc1CNCC(F)F. The molecule has 0 unspecified atom stereocenters. The maximum atomic E-state index is 11.8. The predicted octanol–water partition coefficient (Wildman–Crippen LogP) is 1.04. The number of rotatable bonds is 6. The van der Waals surface area contributed by atoms with Gasteiger partial charge in [-0.15, -0.1) is 0 Å². The maximum absolute atomic E-state index is 11.8. The first kappa shape index (κ1) is 11.0. The van der Waals surface area contributed by atoms with Gasteiger partial charge < -0.3 is 5.32 Å². The Balaban J connectivity index is 2.37. The van der Waals surface area contributed by atoms with E-state index >= 15 is 0 Å². The summed E-state index contributed by atoms with van der Waals surface area (Å²) in [4.78, 5) is 3.98. The Kier molecular flexibility index (Phi) is 4.45. The largest absolute Gasteiger partial charge is 0.304 e. The molecule has 0 bridgehead atoms. The van der Waals surface area contributed by atoms with Crippen molar-refractivity contribution in [3.8, 4) is 0 Å². The van der Waals surface area contributed by atoms with Crippen LogP contribution in [0.1, 0.15) is 19.2 Å². The molecule has 1 heterocycles. The van der Waals surface area contributed by atoms with E-state index in [1.165, 1.54) is 6.33 Å². The van der Waals surface area contributed by atoms with Crippen molar-refractivity contribution in [1.29, 1.82) is 0 Å². The summed E-state index contributed by atoms with van der Waals surface area (Å²) in [5, 5.41) is 6.59. The van der Waals surface area contributed by atoms with Gasteiger partial charge in [-0.3, -0.25) is 0 Å². The van der Waals surface area contributed by atoms with Crippen molar-refractivity contribution in [3.05, 3.63) is 12.2 Å². The first-order valence-electron chi connectivity index (χ1n) is 4.59. The topological polar surface area (TPSA) is 42.7 Å². The van der Waals surface area contributed by atoms with Crippen LogP contribution in [0.2, 0.25) is 0 Å². The summed E-state index contributed by atoms with van der Waals surface area (Å²) >= 11 is 0. The summed E-state index contributed by atoms with van der Waals surface area (Å²) < 4.78 is 25.3. The predicted molar refractivity (Wildman–Crippen MR) is 48.0 cm³/mol. The molecule has 1 aromatic heterocycles. The fourth-order valence-electron chi connectivity index (χ4n) is 1.12. The van der Waals surface area contributed by atoms with Gasteiger partial charge in [-0.1, -0.05) is 6.92 Å². The van der Waals surface area contributed by atoms with E-state index in [2.05, 4.69) is 15.4 Å². The number of alkyl halides is 2. The average Bonchev–Trinajstić information content (AvgIpc) is 2.53. The van der Waals surface area contributed by atoms with Crippen LogP contribution < -0.4 is 5.32 Å². The molecule has 14 heavy (non-hydrogen) atoms. The molecule has 1 rings (SSSR count). The standard InChI is InChI=1S/C8H14F2N4/c1-2-3-14-8(12-6-13-14)5-11-4-7(9)10/h6-7,11H,2-5H2,1H3. The van der Waals surface area contributed by atoms with Crippen LogP contribution in [0.15, 0.2) is 6.33 Å². The Bertz CT molecular complexity index is 262. The number of nitrogens with one attached hydrogen (secondary N) is 1. The lowest BCUT2D eigenvalue weighted by Gasteiger charge is -2.05. The van der Waals surface area contributed by atoms with Crippen LogP contribution in [0.4, 0.5) is 8.78 Å². The normalized spacial score (nSPS) is 11.1. The highest BCUT2D eigenvalue weighted by atomic mass is 19.3. The minimum atomic E-state index is -2.32. The number of nitrogens with zero attached hydrogens (tertiary/aromatic N) is 3. The molecule has 1 aromatic rings. The van der Waals surface area contributed by atoms with Gasteiger partial charge in [0.25, 0.3) is 6.43 Å². The minimum absolute atomic E-state index is 0.307. The summed E-state index contributed by atoms with van der Waals surface area (Å²) in [6, 6.07) is 0. The van der Waals surface area contributed by atoms with E-state index in [1.807, 2.05) is 6.92 Å². The number of aromatic nitrogens is 3. The Morgan fingerprint density at radius 1 is 1.57 bits per heavy atom. The molecule has 0 amide bonds. The molecule has 4 nitrogen and oxygen atoms in total. The van der Waals surface area contributed by atoms with Crippen LogP contribution in [-0.2, 0) is 13.1 Å². The fourth-order valence-corrected chi connectivity index (χ4v) is 1.12. The molecule has 0 aliphatic heterocycles. The zero-order valence-corrected chi connectivity index (χ0v) is 8.08. The number of halogens is 2. The van der Waals surface area contributed by atoms with Crippen molar-refractivity contribution < 1.29 is 8.78 Å². The molecule has 0 aromatic carbocycles. The van der Waals surface area contributed by atoms with Gasteiger partial charge in [0.1, 0.15) is 12.2 Å². The van der Waals surface area contributed by atoms with E-state index in [4.69, 9.17) is 0 Å². The second-order valence-electron chi connectivity index (χ2n) is 2.92. The highest BCUT2D eigenvalue weighted by molar-refractivity contribution is 4.83. The first-order valence-corrected chi connectivity index (χ1v) is 4.59. The second-order valence-corrected chi connectivity index (χ2v) is 2.92. The Morgan fingerprint density at radius 3 is 3.00 bits per heavy atom. The Hall–Kier alpha value is -1.04. The molecule has 1 N–H and O–H groups in total. The Labute approximate surface area is 81.3 Å². The van der Waals surface area contributed by atoms with E-state index < -0.39 is 6.43 Å². The van der Waals surface area contributed by atoms with Crippen molar-refractivity contribution >= 4 is 0 Å². The van der Waals surface area contributed by atoms with E-state index in [1.54, 1.807) is 4.68 Å². The van der Waals surface area contributed by atoms with Crippen molar-refractivity contribution in [2.24, 2.45) is 0 Å². The molecule has 0 saturated heterocycles. The third-order valence-electron chi connectivity index (χ3n) is 1.71. The highest BCUT2D eigenvalue weighted by Crippen LogP contribution is 1.96. The van der Waals surface area contributed by atoms with Gasteiger partial charge in [0.2, 0.25) is 0 Å². The summed E-state index contributed by atoms with van der Waals surface area (Å²) in [6.45, 7) is 2.83. The van der Waals surface area contributed by atoms with Gasteiger partial charge in [0.05, 0.1) is 13.1 Å². The number of hydrogen-bond donors (Lipinski definition) is 1. The first-order chi connectivity index (χ1) is 6.74. The number of aryl methyl sites for hydroxylation is 1. The van der Waals surface area contributed by atoms with Crippen LogP contribution >= 0.6 is 0 Å². The second kappa shape index (κ2) is 5.64. The minimum Gasteiger partial charge on any atom is -0.304 e. The van der Waals surface area contributed by atoms with Crippen molar-refractivity contribution in [2.45, 2.75) is 32.9 Å². The molecular weight excluding hydrogens is 190 g/mol. The monoisotopic (exact) mass is 204 g/mol. The fraction of sp³-hybridized carbons (Fsp3) is 0.750. The van der Waals surface area contributed by atoms with Crippen LogP contribution in [-0.4, -0.2) is 27.7 Å². The molecule has 0 fully saturated rings. The van der Waals surface area contributed by atoms with Gasteiger partial charge in [0.15, 0.2) is 0 Å². The summed E-state index contributed by atoms with van der Waals surface area (Å²) in [5.41, 5.74) is 0. The highest BCUT2D eigenvalue weighted by Gasteiger charge is 2.05. The molecule has 0 saturated carbocycles. The van der Waals surface area contributed by atoms with Gasteiger partial charge in [-0.25, -0.2) is 18.4 Å². The molecule has 0 radical (unpaired) electrons. The zero-order chi connectivity index (χ0) is 10.4. The quantitative estimate of drug-likeness (QED) is 0.753.